The molecule has 0 aliphatic heterocycles. The van der Waals surface area contributed by atoms with Gasteiger partial charge in [-0.25, -0.2) is 14.8 Å². The number of fused-ring (bicyclic) bond motifs is 1. The maximum atomic E-state index is 12.5. The average Bonchev–Trinajstić information content (AvgIpc) is 3.40. The van der Waals surface area contributed by atoms with Crippen LogP contribution >= 0.6 is 11.3 Å². The van der Waals surface area contributed by atoms with Gasteiger partial charge in [0.25, 0.3) is 11.5 Å². The minimum absolute atomic E-state index is 0.164. The highest BCUT2D eigenvalue weighted by Gasteiger charge is 2.14. The van der Waals surface area contributed by atoms with Crippen molar-refractivity contribution in [2.45, 2.75) is 6.54 Å². The summed E-state index contributed by atoms with van der Waals surface area (Å²) in [5.41, 5.74) is 0.0305. The van der Waals surface area contributed by atoms with Gasteiger partial charge in [-0.2, -0.15) is 0 Å². The first-order valence-corrected chi connectivity index (χ1v) is 9.16. The lowest BCUT2D eigenvalue weighted by molar-refractivity contribution is 0.0950. The first-order chi connectivity index (χ1) is 13.5. The van der Waals surface area contributed by atoms with Gasteiger partial charge in [-0.3, -0.25) is 18.7 Å². The monoisotopic (exact) mass is 397 g/mol. The molecule has 0 spiro atoms. The number of nitrogens with zero attached hydrogens (tertiary/aromatic N) is 4. The molecule has 4 rings (SSSR count). The van der Waals surface area contributed by atoms with Gasteiger partial charge in [0.05, 0.1) is 28.1 Å². The van der Waals surface area contributed by atoms with E-state index in [2.05, 4.69) is 15.3 Å². The molecule has 0 aliphatic carbocycles. The molecular formula is C18H15N5O4S. The number of aryl methyl sites for hydroxylation is 1. The average molecular weight is 397 g/mol. The quantitative estimate of drug-likeness (QED) is 0.555. The van der Waals surface area contributed by atoms with Crippen molar-refractivity contribution in [1.29, 1.82) is 0 Å². The first kappa shape index (κ1) is 17.9. The Morgan fingerprint density at radius 3 is 2.86 bits per heavy atom. The van der Waals surface area contributed by atoms with Crippen LogP contribution in [0.1, 0.15) is 16.1 Å². The standard InChI is InChI=1S/C18H15N5O4S/c1-22-14-12(17(25)23(2)18(22)26)6-10(7-19-14)15(24)20-8-11-9-27-16(21-11)13-4-3-5-28-13/h3-7,9H,8H2,1-2H3,(H,20,24). The Labute approximate surface area is 161 Å². The zero-order valence-corrected chi connectivity index (χ0v) is 15.8. The molecule has 4 aromatic rings. The fourth-order valence-electron chi connectivity index (χ4n) is 2.76. The van der Waals surface area contributed by atoms with Crippen LogP contribution in [0.3, 0.4) is 0 Å². The van der Waals surface area contributed by atoms with Crippen molar-refractivity contribution in [2.24, 2.45) is 14.1 Å². The third-order valence-electron chi connectivity index (χ3n) is 4.27. The SMILES string of the molecule is Cn1c(=O)c2cc(C(=O)NCc3coc(-c4cccs4)n3)cnc2n(C)c1=O. The van der Waals surface area contributed by atoms with Gasteiger partial charge in [0.15, 0.2) is 0 Å². The second-order valence-corrected chi connectivity index (χ2v) is 7.05. The molecule has 0 bridgehead atoms. The number of pyridine rings is 1. The number of hydrogen-bond acceptors (Lipinski definition) is 7. The normalized spacial score (nSPS) is 11.1. The van der Waals surface area contributed by atoms with E-state index >= 15 is 0 Å². The number of oxazole rings is 1. The lowest BCUT2D eigenvalue weighted by Crippen LogP contribution is -2.37. The molecule has 4 heterocycles. The predicted molar refractivity (Wildman–Crippen MR) is 103 cm³/mol. The fraction of sp³-hybridized carbons (Fsp3) is 0.167. The van der Waals surface area contributed by atoms with Crippen LogP contribution in [0, 0.1) is 0 Å². The molecule has 0 unspecified atom stereocenters. The van der Waals surface area contributed by atoms with Crippen molar-refractivity contribution in [2.75, 3.05) is 0 Å². The lowest BCUT2D eigenvalue weighted by atomic mass is 10.2. The highest BCUT2D eigenvalue weighted by Crippen LogP contribution is 2.23. The van der Waals surface area contributed by atoms with Crippen LogP contribution in [0.25, 0.3) is 21.8 Å². The molecule has 142 valence electrons. The molecule has 0 radical (unpaired) electrons. The Hall–Kier alpha value is -3.53. The highest BCUT2D eigenvalue weighted by atomic mass is 32.1. The summed E-state index contributed by atoms with van der Waals surface area (Å²) in [6.45, 7) is 0.164. The van der Waals surface area contributed by atoms with E-state index in [4.69, 9.17) is 4.42 Å². The number of rotatable bonds is 4. The Morgan fingerprint density at radius 1 is 1.29 bits per heavy atom. The van der Waals surface area contributed by atoms with Gasteiger partial charge in [0, 0.05) is 20.3 Å². The Kier molecular flexibility index (Phi) is 4.40. The molecule has 10 heteroatoms. The molecule has 0 fully saturated rings. The van der Waals surface area contributed by atoms with Gasteiger partial charge in [-0.1, -0.05) is 6.07 Å². The number of nitrogens with one attached hydrogen (secondary N) is 1. The molecule has 9 nitrogen and oxygen atoms in total. The number of hydrogen-bond donors (Lipinski definition) is 1. The van der Waals surface area contributed by atoms with E-state index in [1.807, 2.05) is 17.5 Å². The van der Waals surface area contributed by atoms with Crippen molar-refractivity contribution in [3.05, 3.63) is 68.1 Å². The van der Waals surface area contributed by atoms with Crippen LogP contribution in [0.5, 0.6) is 0 Å². The van der Waals surface area contributed by atoms with E-state index in [0.29, 0.717) is 11.6 Å². The van der Waals surface area contributed by atoms with Gasteiger partial charge in [-0.05, 0) is 17.5 Å². The van der Waals surface area contributed by atoms with Gasteiger partial charge in [0.2, 0.25) is 5.89 Å². The van der Waals surface area contributed by atoms with E-state index in [1.165, 1.54) is 48.5 Å². The van der Waals surface area contributed by atoms with E-state index < -0.39 is 17.2 Å². The van der Waals surface area contributed by atoms with Crippen LogP contribution in [0.4, 0.5) is 0 Å². The van der Waals surface area contributed by atoms with Gasteiger partial charge in [-0.15, -0.1) is 11.3 Å². The van der Waals surface area contributed by atoms with Crippen molar-refractivity contribution in [3.8, 4) is 10.8 Å². The second-order valence-electron chi connectivity index (χ2n) is 6.10. The van der Waals surface area contributed by atoms with E-state index in [0.717, 1.165) is 9.44 Å². The summed E-state index contributed by atoms with van der Waals surface area (Å²) in [6.07, 6.45) is 2.82. The molecule has 0 saturated heterocycles. The van der Waals surface area contributed by atoms with Crippen LogP contribution < -0.4 is 16.6 Å². The Morgan fingerprint density at radius 2 is 2.11 bits per heavy atom. The smallest absolute Gasteiger partial charge is 0.332 e. The number of carbonyl (C=O) groups excluding carboxylic acids is 1. The Balaban J connectivity index is 1.56. The van der Waals surface area contributed by atoms with Crippen molar-refractivity contribution >= 4 is 28.3 Å². The third-order valence-corrected chi connectivity index (χ3v) is 5.13. The molecule has 1 N–H and O–H groups in total. The summed E-state index contributed by atoms with van der Waals surface area (Å²) in [5, 5.41) is 4.84. The first-order valence-electron chi connectivity index (χ1n) is 8.28. The van der Waals surface area contributed by atoms with Gasteiger partial charge >= 0.3 is 5.69 Å². The van der Waals surface area contributed by atoms with Crippen LogP contribution in [-0.2, 0) is 20.6 Å². The van der Waals surface area contributed by atoms with E-state index in [-0.39, 0.29) is 23.1 Å². The minimum Gasteiger partial charge on any atom is -0.443 e. The molecule has 0 saturated carbocycles. The molecule has 28 heavy (non-hydrogen) atoms. The fourth-order valence-corrected chi connectivity index (χ4v) is 3.42. The topological polar surface area (TPSA) is 112 Å². The number of aromatic nitrogens is 4. The van der Waals surface area contributed by atoms with Crippen molar-refractivity contribution in [3.63, 3.8) is 0 Å². The number of thiophene rings is 1. The molecule has 0 aliphatic rings. The summed E-state index contributed by atoms with van der Waals surface area (Å²) >= 11 is 1.51. The van der Waals surface area contributed by atoms with Crippen molar-refractivity contribution in [1.82, 2.24) is 24.4 Å². The van der Waals surface area contributed by atoms with Gasteiger partial charge < -0.3 is 9.73 Å². The number of carbonyl (C=O) groups is 1. The van der Waals surface area contributed by atoms with Crippen LogP contribution in [0.15, 0.2) is 50.0 Å². The third kappa shape index (κ3) is 3.03. The van der Waals surface area contributed by atoms with E-state index in [9.17, 15) is 14.4 Å². The summed E-state index contributed by atoms with van der Waals surface area (Å²) in [7, 11) is 2.90. The van der Waals surface area contributed by atoms with Crippen LogP contribution in [0.2, 0.25) is 0 Å². The predicted octanol–water partition coefficient (Wildman–Crippen LogP) is 1.28. The highest BCUT2D eigenvalue weighted by molar-refractivity contribution is 7.13. The molecule has 0 atom stereocenters. The molecule has 0 aromatic carbocycles. The Bertz CT molecular complexity index is 1300. The largest absolute Gasteiger partial charge is 0.443 e. The summed E-state index contributed by atoms with van der Waals surface area (Å²) in [4.78, 5) is 46.1. The van der Waals surface area contributed by atoms with Crippen LogP contribution in [-0.4, -0.2) is 25.0 Å². The second kappa shape index (κ2) is 6.89. The zero-order valence-electron chi connectivity index (χ0n) is 15.0. The maximum absolute atomic E-state index is 12.5. The summed E-state index contributed by atoms with van der Waals surface area (Å²) in [6, 6.07) is 5.23. The van der Waals surface area contributed by atoms with E-state index in [1.54, 1.807) is 0 Å². The lowest BCUT2D eigenvalue weighted by Gasteiger charge is -2.08. The molecule has 1 amide bonds. The molecular weight excluding hydrogens is 382 g/mol. The minimum atomic E-state index is -0.502. The number of amides is 1. The van der Waals surface area contributed by atoms with Gasteiger partial charge in [0.1, 0.15) is 11.9 Å². The summed E-state index contributed by atoms with van der Waals surface area (Å²) in [5.74, 6) is 0.0852. The summed E-state index contributed by atoms with van der Waals surface area (Å²) < 4.78 is 7.66. The maximum Gasteiger partial charge on any atom is 0.332 e. The molecule has 4 aromatic heterocycles. The van der Waals surface area contributed by atoms with Crippen molar-refractivity contribution < 1.29 is 9.21 Å². The zero-order chi connectivity index (χ0) is 19.8.